The van der Waals surface area contributed by atoms with Crippen LogP contribution in [0.3, 0.4) is 0 Å². The minimum atomic E-state index is -0.121. The van der Waals surface area contributed by atoms with Gasteiger partial charge < -0.3 is 5.32 Å². The highest BCUT2D eigenvalue weighted by Gasteiger charge is 2.06. The number of hydrogen-bond acceptors (Lipinski definition) is 3. The van der Waals surface area contributed by atoms with Gasteiger partial charge in [0.15, 0.2) is 0 Å². The van der Waals surface area contributed by atoms with Crippen LogP contribution in [0.4, 0.5) is 0 Å². The summed E-state index contributed by atoms with van der Waals surface area (Å²) >= 11 is 4.04. The zero-order valence-corrected chi connectivity index (χ0v) is 8.32. The summed E-state index contributed by atoms with van der Waals surface area (Å²) in [5, 5.41) is 3.06. The third-order valence-corrected chi connectivity index (χ3v) is 1.68. The summed E-state index contributed by atoms with van der Waals surface area (Å²) in [4.78, 5) is 11.0. The molecule has 0 rings (SSSR count). The second kappa shape index (κ2) is 5.61. The highest BCUT2D eigenvalue weighted by molar-refractivity contribution is 7.81. The van der Waals surface area contributed by atoms with E-state index < -0.39 is 0 Å². The van der Waals surface area contributed by atoms with Crippen molar-refractivity contribution in [2.75, 3.05) is 6.54 Å². The average molecular weight is 175 g/mol. The van der Waals surface area contributed by atoms with Gasteiger partial charge in [0.25, 0.3) is 0 Å². The Hall–Kier alpha value is -0.0200. The maximum absolute atomic E-state index is 11.0. The lowest BCUT2D eigenvalue weighted by atomic mass is 10.2. The summed E-state index contributed by atoms with van der Waals surface area (Å²) in [5.41, 5.74) is 0. The van der Waals surface area contributed by atoms with Crippen LogP contribution in [0.15, 0.2) is 0 Å². The molecule has 3 heteroatoms. The maximum atomic E-state index is 11.0. The van der Waals surface area contributed by atoms with Crippen molar-refractivity contribution < 1.29 is 4.79 Å². The Kier molecular flexibility index (Phi) is 5.60. The van der Waals surface area contributed by atoms with Gasteiger partial charge in [-0.3, -0.25) is 4.79 Å². The van der Waals surface area contributed by atoms with Gasteiger partial charge in [-0.05, 0) is 6.92 Å². The van der Waals surface area contributed by atoms with Crippen LogP contribution in [-0.4, -0.2) is 23.6 Å². The molecular weight excluding hydrogens is 158 g/mol. The molecule has 1 unspecified atom stereocenters. The highest BCUT2D eigenvalue weighted by atomic mass is 32.1. The van der Waals surface area contributed by atoms with E-state index in [9.17, 15) is 4.79 Å². The van der Waals surface area contributed by atoms with Gasteiger partial charge in [-0.15, -0.1) is 0 Å². The van der Waals surface area contributed by atoms with Gasteiger partial charge in [0.2, 0.25) is 0 Å². The first kappa shape index (κ1) is 11.0. The van der Waals surface area contributed by atoms with E-state index in [1.807, 2.05) is 0 Å². The first-order chi connectivity index (χ1) is 5.04. The predicted molar refractivity (Wildman–Crippen MR) is 51.2 cm³/mol. The summed E-state index contributed by atoms with van der Waals surface area (Å²) < 4.78 is 0. The Morgan fingerprint density at radius 3 is 2.36 bits per heavy atom. The molecule has 0 bridgehead atoms. The van der Waals surface area contributed by atoms with Crippen LogP contribution < -0.4 is 5.32 Å². The molecule has 0 aliphatic rings. The molecule has 0 aliphatic heterocycles. The molecule has 0 heterocycles. The van der Waals surface area contributed by atoms with Crippen molar-refractivity contribution in [2.24, 2.45) is 0 Å². The van der Waals surface area contributed by atoms with Gasteiger partial charge in [0.1, 0.15) is 5.78 Å². The van der Waals surface area contributed by atoms with E-state index >= 15 is 0 Å². The molecule has 0 fully saturated rings. The van der Waals surface area contributed by atoms with E-state index in [-0.39, 0.29) is 11.0 Å². The Balaban J connectivity index is 3.32. The van der Waals surface area contributed by atoms with E-state index in [1.54, 1.807) is 6.92 Å². The van der Waals surface area contributed by atoms with Crippen molar-refractivity contribution >= 4 is 18.4 Å². The third kappa shape index (κ3) is 6.38. The molecule has 1 N–H and O–H groups in total. The molecule has 66 valence electrons. The van der Waals surface area contributed by atoms with Crippen LogP contribution in [0.2, 0.25) is 0 Å². The van der Waals surface area contributed by atoms with Gasteiger partial charge in [0.05, 0.1) is 5.25 Å². The van der Waals surface area contributed by atoms with Crippen LogP contribution in [0.1, 0.15) is 27.2 Å². The monoisotopic (exact) mass is 175 g/mol. The highest BCUT2D eigenvalue weighted by Crippen LogP contribution is 1.97. The van der Waals surface area contributed by atoms with E-state index in [0.717, 1.165) is 6.54 Å². The van der Waals surface area contributed by atoms with Gasteiger partial charge in [0, 0.05) is 19.0 Å². The van der Waals surface area contributed by atoms with Crippen molar-refractivity contribution in [3.8, 4) is 0 Å². The fourth-order valence-electron chi connectivity index (χ4n) is 0.693. The number of carbonyl (C=O) groups is 1. The number of hydrogen-bond donors (Lipinski definition) is 2. The zero-order valence-electron chi connectivity index (χ0n) is 7.42. The molecule has 2 nitrogen and oxygen atoms in total. The normalized spacial score (nSPS) is 13.5. The molecule has 0 amide bonds. The van der Waals surface area contributed by atoms with Crippen LogP contribution >= 0.6 is 12.6 Å². The SMILES string of the molecule is CC(C)NCCC(=O)C(C)S. The summed E-state index contributed by atoms with van der Waals surface area (Å²) in [6, 6.07) is 0.457. The van der Waals surface area contributed by atoms with E-state index in [2.05, 4.69) is 31.8 Å². The lowest BCUT2D eigenvalue weighted by Crippen LogP contribution is -2.26. The Bertz CT molecular complexity index is 123. The average Bonchev–Trinajstić information content (AvgIpc) is 1.86. The minimum Gasteiger partial charge on any atom is -0.314 e. The van der Waals surface area contributed by atoms with Crippen molar-refractivity contribution in [1.82, 2.24) is 5.32 Å². The molecule has 0 aliphatic carbocycles. The van der Waals surface area contributed by atoms with Gasteiger partial charge in [-0.2, -0.15) is 12.6 Å². The molecule has 0 radical (unpaired) electrons. The second-order valence-electron chi connectivity index (χ2n) is 3.00. The number of Topliss-reactive ketones (excluding diaryl/α,β-unsaturated/α-hetero) is 1. The molecule has 0 saturated heterocycles. The number of ketones is 1. The number of thiol groups is 1. The summed E-state index contributed by atoms with van der Waals surface area (Å²) in [6.07, 6.45) is 0.586. The van der Waals surface area contributed by atoms with Crippen LogP contribution in [0.25, 0.3) is 0 Å². The van der Waals surface area contributed by atoms with Crippen molar-refractivity contribution in [3.05, 3.63) is 0 Å². The number of rotatable bonds is 5. The fraction of sp³-hybridized carbons (Fsp3) is 0.875. The molecule has 0 aromatic carbocycles. The zero-order chi connectivity index (χ0) is 8.85. The molecule has 11 heavy (non-hydrogen) atoms. The number of nitrogens with one attached hydrogen (secondary N) is 1. The van der Waals surface area contributed by atoms with Gasteiger partial charge in [-0.25, -0.2) is 0 Å². The summed E-state index contributed by atoms with van der Waals surface area (Å²) in [6.45, 7) is 6.70. The predicted octanol–water partition coefficient (Wildman–Crippen LogP) is 1.26. The molecule has 1 atom stereocenters. The Morgan fingerprint density at radius 2 is 2.00 bits per heavy atom. The molecule has 0 aromatic heterocycles. The largest absolute Gasteiger partial charge is 0.314 e. The third-order valence-electron chi connectivity index (χ3n) is 1.39. The maximum Gasteiger partial charge on any atom is 0.146 e. The fourth-order valence-corrected chi connectivity index (χ4v) is 0.822. The van der Waals surface area contributed by atoms with Crippen molar-refractivity contribution in [2.45, 2.75) is 38.5 Å². The lowest BCUT2D eigenvalue weighted by molar-refractivity contribution is -0.118. The Morgan fingerprint density at radius 1 is 1.45 bits per heavy atom. The van der Waals surface area contributed by atoms with Crippen molar-refractivity contribution in [1.29, 1.82) is 0 Å². The van der Waals surface area contributed by atoms with E-state index in [4.69, 9.17) is 0 Å². The Labute approximate surface area is 74.2 Å². The standard InChI is InChI=1S/C8H17NOS/c1-6(2)9-5-4-8(10)7(3)11/h6-7,9,11H,4-5H2,1-3H3. The van der Waals surface area contributed by atoms with Crippen molar-refractivity contribution in [3.63, 3.8) is 0 Å². The van der Waals surface area contributed by atoms with Crippen LogP contribution in [0, 0.1) is 0 Å². The number of carbonyl (C=O) groups excluding carboxylic acids is 1. The second-order valence-corrected chi connectivity index (χ2v) is 3.78. The molecule has 0 saturated carbocycles. The van der Waals surface area contributed by atoms with Crippen LogP contribution in [0.5, 0.6) is 0 Å². The molecule has 0 aromatic rings. The van der Waals surface area contributed by atoms with E-state index in [0.29, 0.717) is 12.5 Å². The van der Waals surface area contributed by atoms with Gasteiger partial charge >= 0.3 is 0 Å². The first-order valence-corrected chi connectivity index (χ1v) is 4.50. The topological polar surface area (TPSA) is 29.1 Å². The first-order valence-electron chi connectivity index (χ1n) is 3.98. The van der Waals surface area contributed by atoms with E-state index in [1.165, 1.54) is 0 Å². The summed E-state index contributed by atoms with van der Waals surface area (Å²) in [7, 11) is 0. The quantitative estimate of drug-likeness (QED) is 0.616. The van der Waals surface area contributed by atoms with Crippen LogP contribution in [-0.2, 0) is 4.79 Å². The molecule has 0 spiro atoms. The summed E-state index contributed by atoms with van der Waals surface area (Å²) in [5.74, 6) is 0.210. The minimum absolute atomic E-state index is 0.121. The van der Waals surface area contributed by atoms with Gasteiger partial charge in [-0.1, -0.05) is 13.8 Å². The lowest BCUT2D eigenvalue weighted by Gasteiger charge is -2.07. The molecular formula is C8H17NOS. The smallest absolute Gasteiger partial charge is 0.146 e.